The van der Waals surface area contributed by atoms with E-state index in [2.05, 4.69) is 20.8 Å². The van der Waals surface area contributed by atoms with Gasteiger partial charge in [0, 0.05) is 0 Å². The van der Waals surface area contributed by atoms with Gasteiger partial charge < -0.3 is 19.7 Å². The molecule has 0 aromatic carbocycles. The van der Waals surface area contributed by atoms with E-state index in [0.717, 1.165) is 77.0 Å². The first-order chi connectivity index (χ1) is 22.0. The molecule has 0 bridgehead atoms. The third-order valence-corrected chi connectivity index (χ3v) is 7.32. The van der Waals surface area contributed by atoms with Crippen molar-refractivity contribution in [2.45, 2.75) is 136 Å². The summed E-state index contributed by atoms with van der Waals surface area (Å²) in [5, 5.41) is 19.0. The van der Waals surface area contributed by atoms with Gasteiger partial charge in [0.25, 0.3) is 0 Å². The third-order valence-electron chi connectivity index (χ3n) is 7.32. The van der Waals surface area contributed by atoms with Gasteiger partial charge in [-0.05, 0) is 38.5 Å². The average molecular weight is 649 g/mol. The predicted molar refractivity (Wildman–Crippen MR) is 175 cm³/mol. The van der Waals surface area contributed by atoms with Crippen molar-refractivity contribution in [2.24, 2.45) is 17.8 Å². The largest absolute Gasteiger partial charge is 0.481 e. The molecule has 0 heterocycles. The lowest BCUT2D eigenvalue weighted by Gasteiger charge is -2.13. The van der Waals surface area contributed by atoms with Crippen LogP contribution in [0.1, 0.15) is 136 Å². The van der Waals surface area contributed by atoms with E-state index in [9.17, 15) is 39.0 Å². The second kappa shape index (κ2) is 27.7. The molecule has 10 nitrogen and oxygen atoms in total. The topological polar surface area (TPSA) is 161 Å². The van der Waals surface area contributed by atoms with E-state index >= 15 is 0 Å². The highest BCUT2D eigenvalue weighted by Crippen LogP contribution is 2.16. The van der Waals surface area contributed by atoms with Crippen molar-refractivity contribution in [3.63, 3.8) is 0 Å². The van der Waals surface area contributed by atoms with Gasteiger partial charge in [-0.1, -0.05) is 115 Å². The van der Waals surface area contributed by atoms with Crippen LogP contribution in [-0.4, -0.2) is 46.0 Å². The number of unbranched alkanes of at least 4 members (excludes halogenated alkanes) is 12. The van der Waals surface area contributed by atoms with E-state index in [1.165, 1.54) is 18.2 Å². The van der Waals surface area contributed by atoms with Gasteiger partial charge in [0.15, 0.2) is 0 Å². The van der Waals surface area contributed by atoms with Crippen molar-refractivity contribution >= 4 is 35.8 Å². The lowest BCUT2D eigenvalue weighted by atomic mass is 10.0. The molecule has 0 aliphatic carbocycles. The Hall–Kier alpha value is -3.56. The van der Waals surface area contributed by atoms with E-state index in [-0.39, 0.29) is 0 Å². The number of carboxylic acid groups (broad SMARTS) is 2. The predicted octanol–water partition coefficient (Wildman–Crippen LogP) is 7.89. The zero-order chi connectivity index (χ0) is 34.6. The van der Waals surface area contributed by atoms with Crippen LogP contribution in [0.4, 0.5) is 0 Å². The van der Waals surface area contributed by atoms with Crippen molar-refractivity contribution < 1.29 is 48.5 Å². The highest BCUT2D eigenvalue weighted by atomic mass is 16.6. The first-order valence-electron chi connectivity index (χ1n) is 17.0. The molecular weight excluding hydrogens is 592 g/mol. The zero-order valence-corrected chi connectivity index (χ0v) is 28.1. The smallest absolute Gasteiger partial charge is 0.321 e. The monoisotopic (exact) mass is 648 g/mol. The average Bonchev–Trinajstić information content (AvgIpc) is 3.00. The lowest BCUT2D eigenvalue weighted by Crippen LogP contribution is -2.26. The summed E-state index contributed by atoms with van der Waals surface area (Å²) in [4.78, 5) is 73.7. The molecule has 0 saturated carbocycles. The highest BCUT2D eigenvalue weighted by Gasteiger charge is 2.28. The molecular formula is C36H56O10. The van der Waals surface area contributed by atoms with Gasteiger partial charge in [0.05, 0.1) is 37.0 Å². The molecule has 3 unspecified atom stereocenters. The summed E-state index contributed by atoms with van der Waals surface area (Å²) < 4.78 is 9.75. The number of rotatable bonds is 27. The quantitative estimate of drug-likeness (QED) is 0.0388. The maximum atomic E-state index is 12.9. The fraction of sp³-hybridized carbons (Fsp3) is 0.667. The van der Waals surface area contributed by atoms with Crippen LogP contribution < -0.4 is 0 Å². The van der Waals surface area contributed by atoms with Gasteiger partial charge in [0.2, 0.25) is 0 Å². The molecule has 0 saturated heterocycles. The number of ether oxygens (including phenoxy) is 2. The van der Waals surface area contributed by atoms with Crippen LogP contribution in [0.5, 0.6) is 0 Å². The molecule has 0 aromatic rings. The molecule has 0 spiro atoms. The van der Waals surface area contributed by atoms with Crippen molar-refractivity contribution in [3.05, 3.63) is 36.5 Å². The summed E-state index contributed by atoms with van der Waals surface area (Å²) in [7, 11) is 0. The Balaban J connectivity index is 5.30. The third kappa shape index (κ3) is 22.9. The summed E-state index contributed by atoms with van der Waals surface area (Å²) >= 11 is 0. The molecule has 0 rings (SSSR count). The van der Waals surface area contributed by atoms with Gasteiger partial charge in [-0.2, -0.15) is 0 Å². The maximum absolute atomic E-state index is 12.9. The number of hydrogen-bond donors (Lipinski definition) is 2. The van der Waals surface area contributed by atoms with Gasteiger partial charge in [-0.15, -0.1) is 0 Å². The van der Waals surface area contributed by atoms with Crippen molar-refractivity contribution in [1.29, 1.82) is 0 Å². The summed E-state index contributed by atoms with van der Waals surface area (Å²) in [6, 6.07) is 0. The van der Waals surface area contributed by atoms with Crippen LogP contribution in [0, 0.1) is 17.8 Å². The number of hydrogen-bond acceptors (Lipinski definition) is 8. The molecule has 0 radical (unpaired) electrons. The fourth-order valence-electron chi connectivity index (χ4n) is 4.53. The van der Waals surface area contributed by atoms with E-state index in [0.29, 0.717) is 19.3 Å². The number of carbonyl (C=O) groups is 6. The molecule has 0 amide bonds. The normalized spacial score (nSPS) is 13.5. The molecule has 0 aliphatic heterocycles. The Morgan fingerprint density at radius 3 is 1.15 bits per heavy atom. The standard InChI is InChI=1S/C36H56O10/c1-4-7-10-13-16-19-22-28(34(40)41)25-31(37)45-32(38)27-30(24-21-18-15-12-9-6-3)36(44)46-33(39)26-29(35(42)43)23-20-17-14-11-8-5-2/h19-24,28-30H,4-18,25-27H2,1-3H3,(H,40,41)(H,42,43). The van der Waals surface area contributed by atoms with Crippen molar-refractivity contribution in [1.82, 2.24) is 0 Å². The molecule has 2 N–H and O–H groups in total. The number of allylic oxidation sites excluding steroid dienone is 3. The van der Waals surface area contributed by atoms with E-state index in [4.69, 9.17) is 9.47 Å². The SMILES string of the molecule is CCCCCCC=CC(CC(=O)OC(=O)CC(C=CCCCCCC)C(=O)OC(=O)CC(C=CCCCCCC)C(=O)O)C(=O)O. The minimum atomic E-state index is -1.26. The molecule has 260 valence electrons. The number of esters is 4. The maximum Gasteiger partial charge on any atom is 0.321 e. The first kappa shape index (κ1) is 42.4. The number of aliphatic carboxylic acids is 2. The van der Waals surface area contributed by atoms with Crippen LogP contribution in [-0.2, 0) is 38.2 Å². The van der Waals surface area contributed by atoms with E-state index in [1.54, 1.807) is 18.2 Å². The number of carbonyl (C=O) groups excluding carboxylic acids is 4. The van der Waals surface area contributed by atoms with E-state index < -0.39 is 72.8 Å². The minimum absolute atomic E-state index is 0.559. The zero-order valence-electron chi connectivity index (χ0n) is 28.1. The molecule has 0 aliphatic rings. The fourth-order valence-corrected chi connectivity index (χ4v) is 4.53. The summed E-state index contributed by atoms with van der Waals surface area (Å²) in [5.41, 5.74) is 0. The molecule has 0 aromatic heterocycles. The second-order valence-corrected chi connectivity index (χ2v) is 11.6. The Bertz CT molecular complexity index is 1010. The van der Waals surface area contributed by atoms with Crippen molar-refractivity contribution in [2.75, 3.05) is 0 Å². The van der Waals surface area contributed by atoms with Crippen molar-refractivity contribution in [3.8, 4) is 0 Å². The molecule has 3 atom stereocenters. The Morgan fingerprint density at radius 1 is 0.478 bits per heavy atom. The minimum Gasteiger partial charge on any atom is -0.481 e. The van der Waals surface area contributed by atoms with Gasteiger partial charge in [0.1, 0.15) is 0 Å². The Kier molecular flexibility index (Phi) is 25.6. The summed E-state index contributed by atoms with van der Waals surface area (Å²) in [6.07, 6.45) is 21.7. The molecule has 10 heteroatoms. The Morgan fingerprint density at radius 2 is 0.804 bits per heavy atom. The highest BCUT2D eigenvalue weighted by molar-refractivity contribution is 5.93. The summed E-state index contributed by atoms with van der Waals surface area (Å²) in [6.45, 7) is 6.26. The number of carboxylic acids is 2. The molecule has 0 fully saturated rings. The van der Waals surface area contributed by atoms with Gasteiger partial charge >= 0.3 is 35.8 Å². The lowest BCUT2D eigenvalue weighted by molar-refractivity contribution is -0.168. The Labute approximate surface area is 274 Å². The van der Waals surface area contributed by atoms with Crippen LogP contribution >= 0.6 is 0 Å². The van der Waals surface area contributed by atoms with Crippen LogP contribution in [0.25, 0.3) is 0 Å². The van der Waals surface area contributed by atoms with E-state index in [1.807, 2.05) is 0 Å². The molecule has 46 heavy (non-hydrogen) atoms. The van der Waals surface area contributed by atoms with Gasteiger partial charge in [-0.25, -0.2) is 0 Å². The van der Waals surface area contributed by atoms with Crippen LogP contribution in [0.3, 0.4) is 0 Å². The van der Waals surface area contributed by atoms with Gasteiger partial charge in [-0.3, -0.25) is 28.8 Å². The van der Waals surface area contributed by atoms with Crippen LogP contribution in [0.2, 0.25) is 0 Å². The second-order valence-electron chi connectivity index (χ2n) is 11.6. The van der Waals surface area contributed by atoms with Crippen LogP contribution in [0.15, 0.2) is 36.5 Å². The summed E-state index contributed by atoms with van der Waals surface area (Å²) in [5.74, 6) is -10.3. The first-order valence-corrected chi connectivity index (χ1v) is 17.0.